The number of carbonyl (C=O) groups is 1. The van der Waals surface area contributed by atoms with Crippen LogP contribution in [0.25, 0.3) is 0 Å². The Morgan fingerprint density at radius 2 is 1.00 bits per heavy atom. The number of likely N-dealkylation sites (N-methyl/N-ethyl adjacent to an activating group) is 1. The minimum Gasteiger partial charge on any atom is -0.387 e. The Morgan fingerprint density at radius 3 is 1.47 bits per heavy atom. The van der Waals surface area contributed by atoms with E-state index in [2.05, 4.69) is 43.5 Å². The van der Waals surface area contributed by atoms with Gasteiger partial charge in [0.25, 0.3) is 0 Å². The third-order valence-corrected chi connectivity index (χ3v) is 11.6. The first-order valence-corrected chi connectivity index (χ1v) is 25.4. The van der Waals surface area contributed by atoms with E-state index in [9.17, 15) is 19.4 Å². The highest BCUT2D eigenvalue weighted by molar-refractivity contribution is 7.47. The van der Waals surface area contributed by atoms with Crippen molar-refractivity contribution in [3.8, 4) is 0 Å². The number of hydrogen-bond acceptors (Lipinski definition) is 5. The molecule has 0 heterocycles. The fourth-order valence-corrected chi connectivity index (χ4v) is 7.51. The van der Waals surface area contributed by atoms with Gasteiger partial charge in [-0.1, -0.05) is 192 Å². The molecule has 0 aromatic heterocycles. The number of nitrogens with zero attached hydrogens (tertiary/aromatic N) is 1. The molecule has 1 amide bonds. The van der Waals surface area contributed by atoms with E-state index >= 15 is 0 Å². The first-order valence-electron chi connectivity index (χ1n) is 23.9. The fraction of sp³-hybridized carbons (Fsp3) is 0.854. The predicted octanol–water partition coefficient (Wildman–Crippen LogP) is 13.5. The summed E-state index contributed by atoms with van der Waals surface area (Å²) in [6.45, 7) is 4.79. The molecule has 0 aliphatic heterocycles. The largest absolute Gasteiger partial charge is 0.472 e. The van der Waals surface area contributed by atoms with Crippen LogP contribution in [0.2, 0.25) is 0 Å². The van der Waals surface area contributed by atoms with E-state index in [0.717, 1.165) is 51.4 Å². The summed E-state index contributed by atoms with van der Waals surface area (Å²) in [6.07, 6.45) is 49.2. The standard InChI is InChI=1S/C48H93N2O6P/c1-6-8-10-12-14-16-18-20-22-24-26-27-29-31-33-35-37-39-41-47(51)46(45-56-57(53,54)55-44-43-50(3,4)5)49-48(52)42-40-38-36-34-32-30-28-25-23-21-19-17-15-13-11-9-7-2/h15,17,21,23,39,41,46-47,51H,6-14,16,18-20,22,24-38,40,42-45H2,1-5H3,(H-,49,52,53,54)/p+1/b17-15-,23-21-,41-39+. The Labute approximate surface area is 353 Å². The molecule has 0 spiro atoms. The molecule has 8 nitrogen and oxygen atoms in total. The molecule has 336 valence electrons. The quantitative estimate of drug-likeness (QED) is 0.0245. The van der Waals surface area contributed by atoms with Gasteiger partial charge in [0.2, 0.25) is 5.91 Å². The molecule has 57 heavy (non-hydrogen) atoms. The van der Waals surface area contributed by atoms with Crippen LogP contribution in [0.15, 0.2) is 36.5 Å². The highest BCUT2D eigenvalue weighted by Gasteiger charge is 2.27. The van der Waals surface area contributed by atoms with Crippen molar-refractivity contribution in [2.24, 2.45) is 0 Å². The highest BCUT2D eigenvalue weighted by Crippen LogP contribution is 2.43. The number of nitrogens with one attached hydrogen (secondary N) is 1. The van der Waals surface area contributed by atoms with Crippen molar-refractivity contribution in [2.45, 2.75) is 225 Å². The molecule has 0 aliphatic carbocycles. The molecule has 3 atom stereocenters. The van der Waals surface area contributed by atoms with Crippen molar-refractivity contribution in [2.75, 3.05) is 40.9 Å². The van der Waals surface area contributed by atoms with Crippen molar-refractivity contribution in [1.29, 1.82) is 0 Å². The number of allylic oxidation sites excluding steroid dienone is 5. The monoisotopic (exact) mass is 826 g/mol. The third kappa shape index (κ3) is 42.6. The summed E-state index contributed by atoms with van der Waals surface area (Å²) in [4.78, 5) is 23.2. The van der Waals surface area contributed by atoms with E-state index < -0.39 is 20.0 Å². The lowest BCUT2D eigenvalue weighted by atomic mass is 10.0. The summed E-state index contributed by atoms with van der Waals surface area (Å²) in [5, 5.41) is 13.9. The zero-order chi connectivity index (χ0) is 42.1. The van der Waals surface area contributed by atoms with Crippen molar-refractivity contribution in [3.05, 3.63) is 36.5 Å². The lowest BCUT2D eigenvalue weighted by Crippen LogP contribution is -2.45. The van der Waals surface area contributed by atoms with E-state index in [4.69, 9.17) is 9.05 Å². The molecule has 0 fully saturated rings. The smallest absolute Gasteiger partial charge is 0.387 e. The van der Waals surface area contributed by atoms with Crippen LogP contribution < -0.4 is 5.32 Å². The third-order valence-electron chi connectivity index (χ3n) is 10.6. The first kappa shape index (κ1) is 55.7. The normalized spacial score (nSPS) is 14.6. The van der Waals surface area contributed by atoms with Gasteiger partial charge in [-0.05, 0) is 51.4 Å². The SMILES string of the molecule is CCCCC/C=C\C/C=C\CCCCCCCCCC(=O)NC(COP(=O)(O)OCC[N+](C)(C)C)C(O)/C=C/CCCCCCCCCCCCCCCCCC. The molecule has 0 aromatic rings. The molecule has 0 aliphatic rings. The van der Waals surface area contributed by atoms with Crippen molar-refractivity contribution in [3.63, 3.8) is 0 Å². The Hall–Kier alpha value is -1.28. The summed E-state index contributed by atoms with van der Waals surface area (Å²) in [5.74, 6) is -0.185. The van der Waals surface area contributed by atoms with Gasteiger partial charge >= 0.3 is 7.82 Å². The summed E-state index contributed by atoms with van der Waals surface area (Å²) < 4.78 is 23.6. The molecule has 3 N–H and O–H groups in total. The number of amides is 1. The van der Waals surface area contributed by atoms with Crippen LogP contribution in [-0.4, -0.2) is 73.4 Å². The second-order valence-corrected chi connectivity index (χ2v) is 18.9. The fourth-order valence-electron chi connectivity index (χ4n) is 6.78. The molecule has 0 aromatic carbocycles. The topological polar surface area (TPSA) is 105 Å². The molecular weight excluding hydrogens is 732 g/mol. The number of phosphoric acid groups is 1. The van der Waals surface area contributed by atoms with E-state index in [1.54, 1.807) is 6.08 Å². The second-order valence-electron chi connectivity index (χ2n) is 17.5. The molecule has 0 saturated heterocycles. The minimum atomic E-state index is -4.34. The number of hydrogen-bond donors (Lipinski definition) is 3. The zero-order valence-electron chi connectivity index (χ0n) is 38.1. The summed E-state index contributed by atoms with van der Waals surface area (Å²) in [6, 6.07) is -0.849. The number of carbonyl (C=O) groups excluding carboxylic acids is 1. The van der Waals surface area contributed by atoms with Gasteiger partial charge in [-0.25, -0.2) is 4.57 Å². The molecular formula is C48H94N2O6P+. The predicted molar refractivity (Wildman–Crippen MR) is 244 cm³/mol. The van der Waals surface area contributed by atoms with Crippen LogP contribution in [0.4, 0.5) is 0 Å². The van der Waals surface area contributed by atoms with Crippen molar-refractivity contribution >= 4 is 13.7 Å². The lowest BCUT2D eigenvalue weighted by molar-refractivity contribution is -0.870. The van der Waals surface area contributed by atoms with Gasteiger partial charge in [0.05, 0.1) is 39.9 Å². The van der Waals surface area contributed by atoms with Gasteiger partial charge < -0.3 is 19.8 Å². The lowest BCUT2D eigenvalue weighted by Gasteiger charge is -2.25. The van der Waals surface area contributed by atoms with Gasteiger partial charge in [0.1, 0.15) is 13.2 Å². The number of rotatable bonds is 43. The van der Waals surface area contributed by atoms with Crippen LogP contribution in [-0.2, 0) is 18.4 Å². The Balaban J connectivity index is 4.39. The Bertz CT molecular complexity index is 1030. The number of unbranched alkanes of at least 4 members (excludes halogenated alkanes) is 26. The molecule has 0 radical (unpaired) electrons. The van der Waals surface area contributed by atoms with E-state index in [1.807, 2.05) is 27.2 Å². The van der Waals surface area contributed by atoms with Gasteiger partial charge in [0.15, 0.2) is 0 Å². The van der Waals surface area contributed by atoms with Crippen LogP contribution in [0.1, 0.15) is 213 Å². The van der Waals surface area contributed by atoms with Crippen molar-refractivity contribution < 1.29 is 32.9 Å². The van der Waals surface area contributed by atoms with Gasteiger partial charge in [-0.15, -0.1) is 0 Å². The van der Waals surface area contributed by atoms with E-state index in [1.165, 1.54) is 141 Å². The van der Waals surface area contributed by atoms with Crippen LogP contribution in [0, 0.1) is 0 Å². The van der Waals surface area contributed by atoms with Crippen molar-refractivity contribution in [1.82, 2.24) is 5.32 Å². The number of quaternary nitrogens is 1. The second kappa shape index (κ2) is 40.1. The average molecular weight is 826 g/mol. The highest BCUT2D eigenvalue weighted by atomic mass is 31.2. The molecule has 0 saturated carbocycles. The summed E-state index contributed by atoms with van der Waals surface area (Å²) in [7, 11) is 1.57. The minimum absolute atomic E-state index is 0.0598. The zero-order valence-corrected chi connectivity index (χ0v) is 39.0. The molecule has 0 bridgehead atoms. The first-order chi connectivity index (χ1) is 27.5. The van der Waals surface area contributed by atoms with E-state index in [-0.39, 0.29) is 19.1 Å². The Kier molecular flexibility index (Phi) is 39.2. The summed E-state index contributed by atoms with van der Waals surface area (Å²) >= 11 is 0. The van der Waals surface area contributed by atoms with Crippen LogP contribution in [0.3, 0.4) is 0 Å². The summed E-state index contributed by atoms with van der Waals surface area (Å²) in [5.41, 5.74) is 0. The average Bonchev–Trinajstić information content (AvgIpc) is 3.16. The van der Waals surface area contributed by atoms with Gasteiger partial charge in [-0.2, -0.15) is 0 Å². The molecule has 0 rings (SSSR count). The number of phosphoric ester groups is 1. The van der Waals surface area contributed by atoms with E-state index in [0.29, 0.717) is 17.4 Å². The number of aliphatic hydroxyl groups excluding tert-OH is 1. The number of aliphatic hydroxyl groups is 1. The maximum Gasteiger partial charge on any atom is 0.472 e. The van der Waals surface area contributed by atoms with Gasteiger partial charge in [-0.3, -0.25) is 13.8 Å². The maximum atomic E-state index is 12.9. The maximum absolute atomic E-state index is 12.9. The Morgan fingerprint density at radius 1 is 0.596 bits per heavy atom. The molecule has 3 unspecified atom stereocenters. The molecule has 9 heteroatoms. The van der Waals surface area contributed by atoms with Crippen LogP contribution >= 0.6 is 7.82 Å². The van der Waals surface area contributed by atoms with Crippen LogP contribution in [0.5, 0.6) is 0 Å². The van der Waals surface area contributed by atoms with Gasteiger partial charge in [0, 0.05) is 6.42 Å².